The first kappa shape index (κ1) is 20.9. The van der Waals surface area contributed by atoms with Crippen molar-refractivity contribution in [2.45, 2.75) is 31.7 Å². The van der Waals surface area contributed by atoms with Gasteiger partial charge in [0.2, 0.25) is 0 Å². The minimum absolute atomic E-state index is 0.155. The lowest BCUT2D eigenvalue weighted by Crippen LogP contribution is -2.10. The first-order chi connectivity index (χ1) is 16.7. The van der Waals surface area contributed by atoms with Crippen LogP contribution in [0.3, 0.4) is 0 Å². The number of rotatable bonds is 4. The van der Waals surface area contributed by atoms with Crippen LogP contribution in [0.4, 0.5) is 5.69 Å². The Balaban J connectivity index is 1.18. The minimum Gasteiger partial charge on any atom is -0.236 e. The monoisotopic (exact) mass is 459 g/mol. The molecule has 0 amide bonds. The number of aromatic nitrogens is 1. The number of azo groups is 1. The quantitative estimate of drug-likeness (QED) is 0.247. The van der Waals surface area contributed by atoms with Crippen molar-refractivity contribution < 1.29 is 0 Å². The molecule has 0 aliphatic heterocycles. The summed E-state index contributed by atoms with van der Waals surface area (Å²) in [5, 5.41) is 10.4. The average molecular weight is 460 g/mol. The zero-order chi connectivity index (χ0) is 22.9. The van der Waals surface area contributed by atoms with E-state index in [1.807, 2.05) is 6.07 Å². The van der Waals surface area contributed by atoms with Gasteiger partial charge < -0.3 is 0 Å². The Hall–Kier alpha value is -3.63. The summed E-state index contributed by atoms with van der Waals surface area (Å²) in [5.41, 5.74) is 8.21. The van der Waals surface area contributed by atoms with Crippen molar-refractivity contribution in [1.82, 2.24) is 4.98 Å². The van der Waals surface area contributed by atoms with E-state index in [2.05, 4.69) is 103 Å². The molecule has 0 fully saturated rings. The van der Waals surface area contributed by atoms with E-state index in [0.717, 1.165) is 34.6 Å². The Morgan fingerprint density at radius 2 is 1.35 bits per heavy atom. The Bertz CT molecular complexity index is 1430. The van der Waals surface area contributed by atoms with Crippen molar-refractivity contribution in [3.63, 3.8) is 0 Å². The third-order valence-corrected chi connectivity index (χ3v) is 7.78. The summed E-state index contributed by atoms with van der Waals surface area (Å²) < 4.78 is 1.22. The summed E-state index contributed by atoms with van der Waals surface area (Å²) in [7, 11) is 0. The number of hydrogen-bond acceptors (Lipinski definition) is 4. The van der Waals surface area contributed by atoms with Gasteiger partial charge in [-0.15, -0.1) is 11.3 Å². The molecule has 0 radical (unpaired) electrons. The maximum absolute atomic E-state index is 4.77. The molecule has 4 heteroatoms. The average Bonchev–Trinajstić information content (AvgIpc) is 3.33. The summed E-state index contributed by atoms with van der Waals surface area (Å²) in [4.78, 5) is 4.77. The highest BCUT2D eigenvalue weighted by Crippen LogP contribution is 2.40. The summed E-state index contributed by atoms with van der Waals surface area (Å²) in [6, 6.07) is 34.1. The van der Waals surface area contributed by atoms with Crippen molar-refractivity contribution in [3.05, 3.63) is 108 Å². The number of hydrogen-bond donors (Lipinski definition) is 0. The van der Waals surface area contributed by atoms with Gasteiger partial charge in [0.25, 0.3) is 0 Å². The van der Waals surface area contributed by atoms with Crippen LogP contribution in [0.15, 0.2) is 107 Å². The molecule has 2 atom stereocenters. The van der Waals surface area contributed by atoms with E-state index in [9.17, 15) is 0 Å². The molecule has 3 nitrogen and oxygen atoms in total. The number of thiazole rings is 1. The van der Waals surface area contributed by atoms with Crippen LogP contribution in [0.25, 0.3) is 31.9 Å². The van der Waals surface area contributed by atoms with E-state index in [-0.39, 0.29) is 6.04 Å². The van der Waals surface area contributed by atoms with E-state index >= 15 is 0 Å². The molecule has 0 saturated heterocycles. The van der Waals surface area contributed by atoms with E-state index in [4.69, 9.17) is 10.1 Å². The summed E-state index contributed by atoms with van der Waals surface area (Å²) >= 11 is 1.73. The second kappa shape index (κ2) is 8.96. The maximum Gasteiger partial charge on any atom is 0.124 e. The maximum atomic E-state index is 4.77. The van der Waals surface area contributed by atoms with Crippen LogP contribution in [-0.2, 0) is 0 Å². The van der Waals surface area contributed by atoms with Crippen LogP contribution in [0.2, 0.25) is 0 Å². The lowest BCUT2D eigenvalue weighted by molar-refractivity contribution is 0.502. The van der Waals surface area contributed by atoms with Crippen LogP contribution in [0.5, 0.6) is 0 Å². The zero-order valence-electron chi connectivity index (χ0n) is 19.1. The Labute approximate surface area is 203 Å². The van der Waals surface area contributed by atoms with Crippen molar-refractivity contribution in [1.29, 1.82) is 0 Å². The molecule has 166 valence electrons. The van der Waals surface area contributed by atoms with Crippen LogP contribution in [0, 0.1) is 0 Å². The number of fused-ring (bicyclic) bond motifs is 2. The Morgan fingerprint density at radius 1 is 0.706 bits per heavy atom. The second-order valence-corrected chi connectivity index (χ2v) is 9.98. The Kier molecular flexibility index (Phi) is 5.52. The van der Waals surface area contributed by atoms with Gasteiger partial charge in [-0.05, 0) is 65.3 Å². The molecule has 1 aliphatic carbocycles. The van der Waals surface area contributed by atoms with Crippen LogP contribution >= 0.6 is 11.3 Å². The lowest BCUT2D eigenvalue weighted by Gasteiger charge is -2.26. The van der Waals surface area contributed by atoms with E-state index in [1.54, 1.807) is 11.3 Å². The molecule has 1 heterocycles. The molecule has 4 aromatic carbocycles. The molecule has 0 spiro atoms. The SMILES string of the molecule is CC1CCC(N=Nc2ccc(-c3ccc(-c4nc5ccccc5s4)cc3)cc2)c2ccccc21. The summed E-state index contributed by atoms with van der Waals surface area (Å²) in [6.45, 7) is 2.30. The number of nitrogens with zero attached hydrogens (tertiary/aromatic N) is 3. The fourth-order valence-corrected chi connectivity index (χ4v) is 5.73. The van der Waals surface area contributed by atoms with Crippen molar-refractivity contribution in [2.75, 3.05) is 0 Å². The van der Waals surface area contributed by atoms with Crippen LogP contribution < -0.4 is 0 Å². The van der Waals surface area contributed by atoms with E-state index in [1.165, 1.54) is 27.0 Å². The van der Waals surface area contributed by atoms with Gasteiger partial charge in [0.1, 0.15) is 5.01 Å². The third kappa shape index (κ3) is 4.06. The molecule has 1 aromatic heterocycles. The standard InChI is InChI=1S/C30H25N3S/c1-20-10-19-27(26-7-3-2-6-25(20)26)33-32-24-17-15-22(16-18-24)21-11-13-23(14-12-21)30-31-28-8-4-5-9-29(28)34-30/h2-9,11-18,20,27H,10,19H2,1H3. The highest BCUT2D eigenvalue weighted by molar-refractivity contribution is 7.21. The van der Waals surface area contributed by atoms with Crippen molar-refractivity contribution in [2.24, 2.45) is 10.2 Å². The fraction of sp³-hybridized carbons (Fsp3) is 0.167. The predicted octanol–water partition coefficient (Wildman–Crippen LogP) is 9.35. The summed E-state index contributed by atoms with van der Waals surface area (Å²) in [5.74, 6) is 0.600. The normalized spacial score (nSPS) is 17.8. The van der Waals surface area contributed by atoms with Crippen molar-refractivity contribution in [3.8, 4) is 21.7 Å². The molecule has 0 N–H and O–H groups in total. The van der Waals surface area contributed by atoms with Gasteiger partial charge in [0.05, 0.1) is 21.9 Å². The molecule has 34 heavy (non-hydrogen) atoms. The minimum atomic E-state index is 0.155. The van der Waals surface area contributed by atoms with Gasteiger partial charge in [-0.1, -0.05) is 79.7 Å². The summed E-state index contributed by atoms with van der Waals surface area (Å²) in [6.07, 6.45) is 2.22. The van der Waals surface area contributed by atoms with Gasteiger partial charge >= 0.3 is 0 Å². The second-order valence-electron chi connectivity index (χ2n) is 8.95. The smallest absolute Gasteiger partial charge is 0.124 e. The van der Waals surface area contributed by atoms with Gasteiger partial charge in [0, 0.05) is 5.56 Å². The van der Waals surface area contributed by atoms with Crippen LogP contribution in [0.1, 0.15) is 42.9 Å². The van der Waals surface area contributed by atoms with Gasteiger partial charge in [-0.2, -0.15) is 10.2 Å². The van der Waals surface area contributed by atoms with Gasteiger partial charge in [0.15, 0.2) is 0 Å². The molecule has 0 saturated carbocycles. The highest BCUT2D eigenvalue weighted by Gasteiger charge is 2.24. The Morgan fingerprint density at radius 3 is 2.12 bits per heavy atom. The highest BCUT2D eigenvalue weighted by atomic mass is 32.1. The predicted molar refractivity (Wildman–Crippen MR) is 142 cm³/mol. The van der Waals surface area contributed by atoms with Crippen LogP contribution in [-0.4, -0.2) is 4.98 Å². The van der Waals surface area contributed by atoms with Crippen molar-refractivity contribution >= 4 is 27.2 Å². The van der Waals surface area contributed by atoms with E-state index in [0.29, 0.717) is 5.92 Å². The lowest BCUT2D eigenvalue weighted by atomic mass is 9.81. The fourth-order valence-electron chi connectivity index (χ4n) is 4.76. The first-order valence-corrected chi connectivity index (χ1v) is 12.6. The zero-order valence-corrected chi connectivity index (χ0v) is 19.9. The first-order valence-electron chi connectivity index (χ1n) is 11.8. The topological polar surface area (TPSA) is 37.6 Å². The number of benzene rings is 4. The molecule has 6 rings (SSSR count). The molecular formula is C30H25N3S. The molecule has 5 aromatic rings. The van der Waals surface area contributed by atoms with Gasteiger partial charge in [-0.25, -0.2) is 4.98 Å². The molecule has 2 unspecified atom stereocenters. The molecule has 0 bridgehead atoms. The van der Waals surface area contributed by atoms with E-state index < -0.39 is 0 Å². The molecular weight excluding hydrogens is 434 g/mol. The van der Waals surface area contributed by atoms with Gasteiger partial charge in [-0.3, -0.25) is 0 Å². The largest absolute Gasteiger partial charge is 0.236 e. The third-order valence-electron chi connectivity index (χ3n) is 6.70. The molecule has 1 aliphatic rings. The number of para-hydroxylation sites is 1.